The number of carboxylic acids is 1. The molecule has 0 saturated heterocycles. The van der Waals surface area contributed by atoms with E-state index in [2.05, 4.69) is 0 Å². The maximum absolute atomic E-state index is 12.8. The number of ether oxygens (including phenoxy) is 1. The molecule has 1 aromatic carbocycles. The van der Waals surface area contributed by atoms with Gasteiger partial charge in [0.15, 0.2) is 11.6 Å². The van der Waals surface area contributed by atoms with Crippen molar-refractivity contribution in [1.82, 2.24) is 0 Å². The van der Waals surface area contributed by atoms with Crippen LogP contribution in [0.1, 0.15) is 6.42 Å². The Labute approximate surface area is 103 Å². The molecule has 0 aliphatic carbocycles. The largest absolute Gasteiger partial charge is 0.490 e. The van der Waals surface area contributed by atoms with Crippen LogP contribution in [0.15, 0.2) is 24.3 Å². The number of rotatable bonds is 4. The van der Waals surface area contributed by atoms with Crippen LogP contribution in [0.4, 0.5) is 4.39 Å². The van der Waals surface area contributed by atoms with Gasteiger partial charge in [0.25, 0.3) is 0 Å². The summed E-state index contributed by atoms with van der Waals surface area (Å²) >= 11 is 0. The summed E-state index contributed by atoms with van der Waals surface area (Å²) < 4.78 is 17.7. The molecule has 5 heteroatoms. The van der Waals surface area contributed by atoms with E-state index in [4.69, 9.17) is 9.84 Å². The molecule has 0 saturated carbocycles. The number of carboxylic acid groups (broad SMARTS) is 1. The third-order valence-corrected chi connectivity index (χ3v) is 1.41. The standard InChI is InChI=1S/C9H9FO3.Na/c10-7-3-1-2-4-8(7)13-6-5-9(11)12;/h1-4H,5-6H2,(H,11,12);. The van der Waals surface area contributed by atoms with Crippen LogP contribution in [0.3, 0.4) is 0 Å². The normalized spacial score (nSPS) is 8.93. The van der Waals surface area contributed by atoms with Crippen LogP contribution in [0, 0.1) is 5.82 Å². The number of hydrogen-bond acceptors (Lipinski definition) is 2. The average Bonchev–Trinajstić information content (AvgIpc) is 2.08. The maximum atomic E-state index is 12.8. The van der Waals surface area contributed by atoms with Gasteiger partial charge in [-0.1, -0.05) is 12.1 Å². The second kappa shape index (κ2) is 6.81. The van der Waals surface area contributed by atoms with Gasteiger partial charge in [-0.05, 0) is 12.1 Å². The predicted molar refractivity (Wildman–Crippen MR) is 49.9 cm³/mol. The van der Waals surface area contributed by atoms with E-state index in [1.54, 1.807) is 12.1 Å². The fourth-order valence-corrected chi connectivity index (χ4v) is 0.810. The van der Waals surface area contributed by atoms with E-state index in [9.17, 15) is 9.18 Å². The Morgan fingerprint density at radius 2 is 2.07 bits per heavy atom. The third kappa shape index (κ3) is 4.60. The molecular weight excluding hydrogens is 198 g/mol. The van der Waals surface area contributed by atoms with Crippen LogP contribution in [-0.2, 0) is 4.79 Å². The monoisotopic (exact) mass is 207 g/mol. The minimum atomic E-state index is -0.962. The number of para-hydroxylation sites is 1. The first-order valence-corrected chi connectivity index (χ1v) is 3.79. The molecule has 3 nitrogen and oxygen atoms in total. The molecule has 0 bridgehead atoms. The summed E-state index contributed by atoms with van der Waals surface area (Å²) in [7, 11) is 0. The molecular formula is C9H9FNaO3. The van der Waals surface area contributed by atoms with Crippen molar-refractivity contribution in [3.63, 3.8) is 0 Å². The van der Waals surface area contributed by atoms with Gasteiger partial charge in [0.2, 0.25) is 0 Å². The van der Waals surface area contributed by atoms with Gasteiger partial charge in [0.05, 0.1) is 13.0 Å². The van der Waals surface area contributed by atoms with Crippen LogP contribution >= 0.6 is 0 Å². The minimum absolute atomic E-state index is 0. The van der Waals surface area contributed by atoms with Crippen molar-refractivity contribution in [2.24, 2.45) is 0 Å². The van der Waals surface area contributed by atoms with Crippen molar-refractivity contribution in [3.8, 4) is 5.75 Å². The number of benzene rings is 1. The summed E-state index contributed by atoms with van der Waals surface area (Å²) in [5, 5.41) is 8.29. The first-order chi connectivity index (χ1) is 6.20. The second-order valence-electron chi connectivity index (χ2n) is 2.42. The van der Waals surface area contributed by atoms with E-state index < -0.39 is 11.8 Å². The van der Waals surface area contributed by atoms with Crippen LogP contribution in [0.5, 0.6) is 5.75 Å². The quantitative estimate of drug-likeness (QED) is 0.757. The number of aliphatic carboxylic acids is 1. The van der Waals surface area contributed by atoms with Gasteiger partial charge < -0.3 is 9.84 Å². The molecule has 0 atom stereocenters. The maximum Gasteiger partial charge on any atom is 0.306 e. The van der Waals surface area contributed by atoms with Gasteiger partial charge in [0, 0.05) is 29.6 Å². The topological polar surface area (TPSA) is 46.5 Å². The van der Waals surface area contributed by atoms with Crippen molar-refractivity contribution >= 4 is 35.5 Å². The second-order valence-corrected chi connectivity index (χ2v) is 2.42. The summed E-state index contributed by atoms with van der Waals surface area (Å²) in [6.45, 7) is -0.0176. The molecule has 0 aromatic heterocycles. The Kier molecular flexibility index (Phi) is 6.53. The van der Waals surface area contributed by atoms with Crippen molar-refractivity contribution in [2.75, 3.05) is 6.61 Å². The van der Waals surface area contributed by atoms with E-state index >= 15 is 0 Å². The first-order valence-electron chi connectivity index (χ1n) is 3.79. The Hall–Kier alpha value is -0.580. The molecule has 1 rings (SSSR count). The van der Waals surface area contributed by atoms with Gasteiger partial charge in [-0.25, -0.2) is 4.39 Å². The zero-order valence-electron chi connectivity index (χ0n) is 7.87. The molecule has 14 heavy (non-hydrogen) atoms. The molecule has 0 spiro atoms. The van der Waals surface area contributed by atoms with Crippen molar-refractivity contribution in [3.05, 3.63) is 30.1 Å². The predicted octanol–water partition coefficient (Wildman–Crippen LogP) is 1.30. The van der Waals surface area contributed by atoms with Gasteiger partial charge in [-0.2, -0.15) is 0 Å². The molecule has 1 radical (unpaired) electrons. The molecule has 0 unspecified atom stereocenters. The smallest absolute Gasteiger partial charge is 0.306 e. The molecule has 0 fully saturated rings. The van der Waals surface area contributed by atoms with E-state index in [1.165, 1.54) is 12.1 Å². The summed E-state index contributed by atoms with van der Waals surface area (Å²) in [5.74, 6) is -1.35. The van der Waals surface area contributed by atoms with Crippen molar-refractivity contribution in [1.29, 1.82) is 0 Å². The van der Waals surface area contributed by atoms with Gasteiger partial charge in [-0.15, -0.1) is 0 Å². The molecule has 1 aromatic rings. The Balaban J connectivity index is 0.00000169. The Bertz CT molecular complexity index is 304. The third-order valence-electron chi connectivity index (χ3n) is 1.41. The first kappa shape index (κ1) is 13.4. The van der Waals surface area contributed by atoms with Crippen LogP contribution in [-0.4, -0.2) is 47.2 Å². The SMILES string of the molecule is O=C(O)CCOc1ccccc1F.[Na]. The van der Waals surface area contributed by atoms with Gasteiger partial charge in [-0.3, -0.25) is 4.79 Å². The molecule has 0 aliphatic rings. The van der Waals surface area contributed by atoms with Crippen LogP contribution in [0.25, 0.3) is 0 Å². The van der Waals surface area contributed by atoms with Gasteiger partial charge >= 0.3 is 5.97 Å². The van der Waals surface area contributed by atoms with E-state index in [-0.39, 0.29) is 48.3 Å². The van der Waals surface area contributed by atoms with E-state index in [0.717, 1.165) is 0 Å². The molecule has 1 N–H and O–H groups in total. The summed E-state index contributed by atoms with van der Waals surface area (Å²) in [6.07, 6.45) is -0.131. The fourth-order valence-electron chi connectivity index (χ4n) is 0.810. The summed E-state index contributed by atoms with van der Waals surface area (Å²) in [4.78, 5) is 10.1. The summed E-state index contributed by atoms with van der Waals surface area (Å²) in [6, 6.07) is 5.88. The molecule has 71 valence electrons. The molecule has 0 amide bonds. The summed E-state index contributed by atoms with van der Waals surface area (Å²) in [5.41, 5.74) is 0. The zero-order valence-corrected chi connectivity index (χ0v) is 9.87. The Morgan fingerprint density at radius 1 is 1.43 bits per heavy atom. The number of hydrogen-bond donors (Lipinski definition) is 1. The average molecular weight is 207 g/mol. The Morgan fingerprint density at radius 3 is 2.64 bits per heavy atom. The number of carbonyl (C=O) groups is 1. The van der Waals surface area contributed by atoms with Crippen LogP contribution < -0.4 is 4.74 Å². The van der Waals surface area contributed by atoms with Crippen LogP contribution in [0.2, 0.25) is 0 Å². The molecule has 0 aliphatic heterocycles. The zero-order chi connectivity index (χ0) is 9.68. The van der Waals surface area contributed by atoms with E-state index in [0.29, 0.717) is 0 Å². The fraction of sp³-hybridized carbons (Fsp3) is 0.222. The molecule has 0 heterocycles. The van der Waals surface area contributed by atoms with E-state index in [1.807, 2.05) is 0 Å². The number of halogens is 1. The van der Waals surface area contributed by atoms with Crippen molar-refractivity contribution in [2.45, 2.75) is 6.42 Å². The van der Waals surface area contributed by atoms with Crippen molar-refractivity contribution < 1.29 is 19.0 Å². The van der Waals surface area contributed by atoms with Gasteiger partial charge in [0.1, 0.15) is 0 Å². The minimum Gasteiger partial charge on any atom is -0.490 e.